The van der Waals surface area contributed by atoms with Crippen LogP contribution in [0.3, 0.4) is 0 Å². The minimum Gasteiger partial charge on any atom is -0.273 e. The summed E-state index contributed by atoms with van der Waals surface area (Å²) in [4.78, 5) is 24.4. The number of nitrogens with one attached hydrogen (secondary N) is 2. The lowest BCUT2D eigenvalue weighted by Crippen LogP contribution is -2.51. The van der Waals surface area contributed by atoms with Crippen molar-refractivity contribution in [3.63, 3.8) is 0 Å². The van der Waals surface area contributed by atoms with Crippen molar-refractivity contribution in [3.8, 4) is 0 Å². The lowest BCUT2D eigenvalue weighted by molar-refractivity contribution is -0.135. The van der Waals surface area contributed by atoms with E-state index in [2.05, 4.69) is 10.9 Å². The van der Waals surface area contributed by atoms with Gasteiger partial charge in [-0.2, -0.15) is 4.31 Å². The van der Waals surface area contributed by atoms with Crippen LogP contribution in [0.25, 0.3) is 0 Å². The van der Waals surface area contributed by atoms with E-state index in [0.29, 0.717) is 19.4 Å². The van der Waals surface area contributed by atoms with Gasteiger partial charge in [0.1, 0.15) is 0 Å². The molecule has 7 nitrogen and oxygen atoms in total. The van der Waals surface area contributed by atoms with Crippen molar-refractivity contribution in [2.75, 3.05) is 13.1 Å². The molecule has 1 aliphatic heterocycles. The van der Waals surface area contributed by atoms with E-state index >= 15 is 0 Å². The van der Waals surface area contributed by atoms with E-state index in [9.17, 15) is 18.0 Å². The van der Waals surface area contributed by atoms with Gasteiger partial charge in [0.25, 0.3) is 0 Å². The smallest absolute Gasteiger partial charge is 0.243 e. The second-order valence-corrected chi connectivity index (χ2v) is 9.06. The predicted molar refractivity (Wildman–Crippen MR) is 96.3 cm³/mol. The number of hydrogen-bond donors (Lipinski definition) is 2. The Kier molecular flexibility index (Phi) is 5.62. The van der Waals surface area contributed by atoms with Gasteiger partial charge in [0, 0.05) is 19.0 Å². The summed E-state index contributed by atoms with van der Waals surface area (Å²) >= 11 is 0. The number of aryl methyl sites for hydroxylation is 1. The molecule has 1 aromatic carbocycles. The molecular weight excluding hydrogens is 354 g/mol. The molecule has 1 aromatic rings. The number of hydrazine groups is 1. The first-order valence-electron chi connectivity index (χ1n) is 9.04. The van der Waals surface area contributed by atoms with Crippen LogP contribution in [0.15, 0.2) is 29.2 Å². The maximum Gasteiger partial charge on any atom is 0.243 e. The number of carbonyl (C=O) groups excluding carboxylic acids is 2. The Morgan fingerprint density at radius 3 is 2.12 bits per heavy atom. The number of rotatable bonds is 4. The molecule has 2 N–H and O–H groups in total. The number of sulfonamides is 1. The molecule has 1 saturated carbocycles. The van der Waals surface area contributed by atoms with Crippen molar-refractivity contribution in [2.45, 2.75) is 43.9 Å². The highest BCUT2D eigenvalue weighted by Gasteiger charge is 2.34. The van der Waals surface area contributed by atoms with Gasteiger partial charge >= 0.3 is 0 Å². The van der Waals surface area contributed by atoms with Gasteiger partial charge in [0.2, 0.25) is 21.8 Å². The quantitative estimate of drug-likeness (QED) is 0.772. The fourth-order valence-corrected chi connectivity index (χ4v) is 4.76. The van der Waals surface area contributed by atoms with Crippen LogP contribution in [0.4, 0.5) is 0 Å². The third kappa shape index (κ3) is 4.07. The Bertz CT molecular complexity index is 772. The molecule has 2 aliphatic rings. The highest BCUT2D eigenvalue weighted by atomic mass is 32.2. The van der Waals surface area contributed by atoms with Crippen LogP contribution in [0, 0.1) is 18.8 Å². The minimum absolute atomic E-state index is 0.0138. The van der Waals surface area contributed by atoms with Crippen LogP contribution < -0.4 is 10.9 Å². The average molecular weight is 379 g/mol. The molecule has 1 atom stereocenters. The van der Waals surface area contributed by atoms with E-state index in [0.717, 1.165) is 24.8 Å². The molecule has 1 saturated heterocycles. The lowest BCUT2D eigenvalue weighted by atomic mass is 9.85. The molecule has 8 heteroatoms. The normalized spacial score (nSPS) is 21.7. The summed E-state index contributed by atoms with van der Waals surface area (Å²) < 4.78 is 26.9. The fraction of sp³-hybridized carbons (Fsp3) is 0.556. The summed E-state index contributed by atoms with van der Waals surface area (Å²) in [5.41, 5.74) is 5.92. The van der Waals surface area contributed by atoms with Crippen LogP contribution in [-0.2, 0) is 19.6 Å². The Morgan fingerprint density at radius 1 is 0.962 bits per heavy atom. The number of nitrogens with zero attached hydrogens (tertiary/aromatic N) is 1. The number of amides is 2. The lowest BCUT2D eigenvalue weighted by Gasteiger charge is -2.31. The average Bonchev–Trinajstić information content (AvgIpc) is 2.58. The van der Waals surface area contributed by atoms with Crippen LogP contribution in [0.5, 0.6) is 0 Å². The molecule has 2 amide bonds. The molecule has 3 rings (SSSR count). The zero-order valence-electron chi connectivity index (χ0n) is 14.9. The summed E-state index contributed by atoms with van der Waals surface area (Å²) in [5, 5.41) is 0. The maximum atomic E-state index is 12.8. The molecule has 0 spiro atoms. The topological polar surface area (TPSA) is 95.6 Å². The monoisotopic (exact) mass is 379 g/mol. The Balaban J connectivity index is 1.60. The first kappa shape index (κ1) is 18.8. The van der Waals surface area contributed by atoms with Gasteiger partial charge in [0.15, 0.2) is 0 Å². The van der Waals surface area contributed by atoms with Crippen molar-refractivity contribution in [2.24, 2.45) is 11.8 Å². The Labute approximate surface area is 154 Å². The van der Waals surface area contributed by atoms with Crippen molar-refractivity contribution >= 4 is 21.8 Å². The highest BCUT2D eigenvalue weighted by molar-refractivity contribution is 7.89. The fourth-order valence-electron chi connectivity index (χ4n) is 3.23. The van der Waals surface area contributed by atoms with E-state index in [1.807, 2.05) is 6.92 Å². The molecule has 0 radical (unpaired) electrons. The number of piperidine rings is 1. The van der Waals surface area contributed by atoms with Gasteiger partial charge in [-0.1, -0.05) is 24.1 Å². The largest absolute Gasteiger partial charge is 0.273 e. The van der Waals surface area contributed by atoms with Gasteiger partial charge in [-0.15, -0.1) is 0 Å². The van der Waals surface area contributed by atoms with E-state index in [4.69, 9.17) is 0 Å². The predicted octanol–water partition coefficient (Wildman–Crippen LogP) is 1.34. The molecule has 1 heterocycles. The summed E-state index contributed by atoms with van der Waals surface area (Å²) in [7, 11) is -3.62. The summed E-state index contributed by atoms with van der Waals surface area (Å²) in [5.74, 6) is -0.975. The van der Waals surface area contributed by atoms with Gasteiger partial charge in [-0.05, 0) is 44.7 Å². The first-order valence-corrected chi connectivity index (χ1v) is 10.5. The van der Waals surface area contributed by atoms with E-state index in [1.165, 1.54) is 4.31 Å². The maximum absolute atomic E-state index is 12.8. The van der Waals surface area contributed by atoms with E-state index in [1.54, 1.807) is 24.3 Å². The third-order valence-electron chi connectivity index (χ3n) is 5.20. The third-order valence-corrected chi connectivity index (χ3v) is 7.08. The van der Waals surface area contributed by atoms with Crippen LogP contribution >= 0.6 is 0 Å². The summed E-state index contributed by atoms with van der Waals surface area (Å²) in [6, 6.07) is 6.70. The van der Waals surface area contributed by atoms with Gasteiger partial charge in [-0.25, -0.2) is 8.42 Å². The second kappa shape index (κ2) is 7.75. The molecule has 0 aromatic heterocycles. The van der Waals surface area contributed by atoms with Gasteiger partial charge in [0.05, 0.1) is 10.8 Å². The molecule has 0 unspecified atom stereocenters. The molecule has 2 fully saturated rings. The number of hydrogen-bond acceptors (Lipinski definition) is 4. The van der Waals surface area contributed by atoms with Crippen LogP contribution in [0.2, 0.25) is 0 Å². The molecule has 26 heavy (non-hydrogen) atoms. The number of carbonyl (C=O) groups is 2. The summed E-state index contributed by atoms with van der Waals surface area (Å²) in [6.07, 6.45) is 3.96. The Morgan fingerprint density at radius 2 is 1.54 bits per heavy atom. The van der Waals surface area contributed by atoms with Crippen LogP contribution in [0.1, 0.15) is 37.7 Å². The zero-order valence-corrected chi connectivity index (χ0v) is 15.7. The SMILES string of the molecule is Cc1ccc(S(=O)(=O)N2CCC[C@@H](C(=O)NNC(=O)C3CCC3)C2)cc1. The van der Waals surface area contributed by atoms with Crippen molar-refractivity contribution in [1.82, 2.24) is 15.2 Å². The Hall–Kier alpha value is -1.93. The van der Waals surface area contributed by atoms with Crippen molar-refractivity contribution < 1.29 is 18.0 Å². The number of benzene rings is 1. The van der Waals surface area contributed by atoms with Crippen molar-refractivity contribution in [1.29, 1.82) is 0 Å². The summed E-state index contributed by atoms with van der Waals surface area (Å²) in [6.45, 7) is 2.42. The molecule has 142 valence electrons. The van der Waals surface area contributed by atoms with Gasteiger partial charge < -0.3 is 0 Å². The van der Waals surface area contributed by atoms with E-state index in [-0.39, 0.29) is 29.2 Å². The second-order valence-electron chi connectivity index (χ2n) is 7.12. The van der Waals surface area contributed by atoms with Gasteiger partial charge in [-0.3, -0.25) is 20.4 Å². The van der Waals surface area contributed by atoms with Crippen LogP contribution in [-0.4, -0.2) is 37.6 Å². The zero-order chi connectivity index (χ0) is 18.7. The van der Waals surface area contributed by atoms with Crippen molar-refractivity contribution in [3.05, 3.63) is 29.8 Å². The molecule has 1 aliphatic carbocycles. The highest BCUT2D eigenvalue weighted by Crippen LogP contribution is 2.26. The molecular formula is C18H25N3O4S. The first-order chi connectivity index (χ1) is 12.4. The van der Waals surface area contributed by atoms with E-state index < -0.39 is 15.9 Å². The standard InChI is InChI=1S/C18H25N3O4S/c1-13-7-9-16(10-8-13)26(24,25)21-11-3-6-15(12-21)18(23)20-19-17(22)14-4-2-5-14/h7-10,14-15H,2-6,11-12H2,1H3,(H,19,22)(H,20,23)/t15-/m1/s1. The molecule has 0 bridgehead atoms. The minimum atomic E-state index is -3.62.